The lowest BCUT2D eigenvalue weighted by Gasteiger charge is -2.61. The van der Waals surface area contributed by atoms with Gasteiger partial charge in [-0.05, 0) is 111 Å². The molecule has 0 bridgehead atoms. The van der Waals surface area contributed by atoms with Crippen LogP contribution in [0.3, 0.4) is 0 Å². The standard InChI is InChI=1S/C60H46FNS/c1-37-44-22-15-23-45(41-29-32-43(61)33-30-41)56(44)60(4)51-26-12-13-27-53(51)62(52-34-31-42(39-17-7-5-8-18-39)35-49(52)40-19-9-6-10-20-40)59(3)36-50(38(2)55(37)58(59)60)48-25-16-24-47-46-21-11-14-28-54(46)63-57(47)48/h5-38H,1-4H3. The zero-order valence-electron chi connectivity index (χ0n) is 35.9. The van der Waals surface area contributed by atoms with E-state index in [1.165, 1.54) is 92.8 Å². The fourth-order valence-electron chi connectivity index (χ4n) is 12.1. The van der Waals surface area contributed by atoms with Crippen molar-refractivity contribution in [1.29, 1.82) is 0 Å². The van der Waals surface area contributed by atoms with E-state index in [0.717, 1.165) is 11.1 Å². The molecule has 1 aliphatic heterocycles. The van der Waals surface area contributed by atoms with E-state index in [2.05, 4.69) is 202 Å². The van der Waals surface area contributed by atoms with E-state index in [9.17, 15) is 4.39 Å². The Morgan fingerprint density at radius 3 is 1.95 bits per heavy atom. The molecule has 1 nitrogen and oxygen atoms in total. The van der Waals surface area contributed by atoms with E-state index in [1.807, 2.05) is 23.5 Å². The highest BCUT2D eigenvalue weighted by atomic mass is 32.1. The summed E-state index contributed by atoms with van der Waals surface area (Å²) in [6.45, 7) is 9.87. The van der Waals surface area contributed by atoms with E-state index < -0.39 is 11.0 Å². The van der Waals surface area contributed by atoms with Crippen LogP contribution in [0.25, 0.3) is 59.1 Å². The van der Waals surface area contributed by atoms with Crippen LogP contribution < -0.4 is 4.90 Å². The molecule has 1 aromatic heterocycles. The van der Waals surface area contributed by atoms with Gasteiger partial charge in [0.1, 0.15) is 5.82 Å². The van der Waals surface area contributed by atoms with Crippen molar-refractivity contribution in [3.63, 3.8) is 0 Å². The van der Waals surface area contributed by atoms with Gasteiger partial charge in [-0.15, -0.1) is 11.3 Å². The Bertz CT molecular complexity index is 3360. The Morgan fingerprint density at radius 2 is 1.16 bits per heavy atom. The van der Waals surface area contributed by atoms with Crippen molar-refractivity contribution >= 4 is 48.5 Å². The summed E-state index contributed by atoms with van der Waals surface area (Å²) < 4.78 is 17.2. The molecular formula is C60H46FNS. The SMILES string of the molecule is CC1C(c2cccc3c2sc2ccccc23)=CC2(C)C3=C1C(C)c1cccc(-c4ccc(F)cc4)c1C3(C)c1ccccc1N2c1ccc(-c2ccccc2)cc1-c1ccccc1. The van der Waals surface area contributed by atoms with Crippen molar-refractivity contribution in [1.82, 2.24) is 0 Å². The summed E-state index contributed by atoms with van der Waals surface area (Å²) in [6.07, 6.45) is 2.65. The van der Waals surface area contributed by atoms with Gasteiger partial charge in [-0.1, -0.05) is 177 Å². The van der Waals surface area contributed by atoms with E-state index >= 15 is 0 Å². The second-order valence-corrected chi connectivity index (χ2v) is 19.1. The highest BCUT2D eigenvalue weighted by molar-refractivity contribution is 7.26. The molecule has 3 aliphatic rings. The van der Waals surface area contributed by atoms with Gasteiger partial charge in [-0.2, -0.15) is 0 Å². The van der Waals surface area contributed by atoms with Crippen LogP contribution in [-0.4, -0.2) is 5.54 Å². The lowest BCUT2D eigenvalue weighted by atomic mass is 9.50. The quantitative estimate of drug-likeness (QED) is 0.156. The van der Waals surface area contributed by atoms with Crippen molar-refractivity contribution in [3.8, 4) is 33.4 Å². The number of allylic oxidation sites excluding steroid dienone is 2. The Morgan fingerprint density at radius 1 is 0.524 bits per heavy atom. The van der Waals surface area contributed by atoms with E-state index in [0.29, 0.717) is 0 Å². The first kappa shape index (κ1) is 37.9. The zero-order chi connectivity index (χ0) is 42.6. The Kier molecular flexibility index (Phi) is 8.49. The average molecular weight is 832 g/mol. The molecule has 0 spiro atoms. The first-order valence-corrected chi connectivity index (χ1v) is 23.0. The molecule has 2 aliphatic carbocycles. The van der Waals surface area contributed by atoms with Gasteiger partial charge in [0.15, 0.2) is 0 Å². The molecule has 63 heavy (non-hydrogen) atoms. The van der Waals surface area contributed by atoms with Crippen molar-refractivity contribution in [2.24, 2.45) is 5.92 Å². The Labute approximate surface area is 373 Å². The lowest BCUT2D eigenvalue weighted by molar-refractivity contribution is 0.454. The van der Waals surface area contributed by atoms with Crippen LogP contribution in [0.5, 0.6) is 0 Å². The molecule has 4 unspecified atom stereocenters. The first-order chi connectivity index (χ1) is 30.8. The van der Waals surface area contributed by atoms with Crippen LogP contribution in [0.15, 0.2) is 205 Å². The minimum Gasteiger partial charge on any atom is -0.327 e. The van der Waals surface area contributed by atoms with Gasteiger partial charge < -0.3 is 4.90 Å². The summed E-state index contributed by atoms with van der Waals surface area (Å²) in [6, 6.07) is 67.6. The molecule has 3 heteroatoms. The molecule has 12 rings (SSSR count). The van der Waals surface area contributed by atoms with Crippen LogP contribution in [0.2, 0.25) is 0 Å². The number of thiophene rings is 1. The van der Waals surface area contributed by atoms with Gasteiger partial charge in [-0.25, -0.2) is 4.39 Å². The van der Waals surface area contributed by atoms with Crippen molar-refractivity contribution in [3.05, 3.63) is 233 Å². The Balaban J connectivity index is 1.20. The summed E-state index contributed by atoms with van der Waals surface area (Å²) >= 11 is 1.91. The summed E-state index contributed by atoms with van der Waals surface area (Å²) in [5.41, 5.74) is 17.7. The largest absolute Gasteiger partial charge is 0.327 e. The maximum absolute atomic E-state index is 14.6. The minimum atomic E-state index is -0.626. The minimum absolute atomic E-state index is 0.115. The summed E-state index contributed by atoms with van der Waals surface area (Å²) in [4.78, 5) is 2.69. The number of rotatable bonds is 5. The molecule has 2 heterocycles. The van der Waals surface area contributed by atoms with Crippen LogP contribution >= 0.6 is 11.3 Å². The van der Waals surface area contributed by atoms with Crippen LogP contribution in [0.4, 0.5) is 15.8 Å². The van der Waals surface area contributed by atoms with Gasteiger partial charge >= 0.3 is 0 Å². The highest BCUT2D eigenvalue weighted by Crippen LogP contribution is 2.67. The molecule has 0 N–H and O–H groups in total. The molecule has 0 amide bonds. The van der Waals surface area contributed by atoms with Gasteiger partial charge in [0.2, 0.25) is 0 Å². The van der Waals surface area contributed by atoms with E-state index in [4.69, 9.17) is 0 Å². The summed E-state index contributed by atoms with van der Waals surface area (Å²) in [5, 5.41) is 2.63. The fourth-order valence-corrected chi connectivity index (χ4v) is 13.3. The maximum atomic E-state index is 14.6. The molecule has 0 saturated carbocycles. The van der Waals surface area contributed by atoms with Gasteiger partial charge in [-0.3, -0.25) is 0 Å². The molecule has 9 aromatic rings. The second kappa shape index (κ2) is 14.1. The third kappa shape index (κ3) is 5.45. The number of nitrogens with zero attached hydrogens (tertiary/aromatic N) is 1. The number of fused-ring (bicyclic) bond motifs is 7. The van der Waals surface area contributed by atoms with E-state index in [-0.39, 0.29) is 17.7 Å². The smallest absolute Gasteiger partial charge is 0.123 e. The molecule has 0 saturated heterocycles. The molecular weight excluding hydrogens is 786 g/mol. The number of halogens is 1. The monoisotopic (exact) mass is 831 g/mol. The van der Waals surface area contributed by atoms with Crippen LogP contribution in [0.1, 0.15) is 55.9 Å². The predicted octanol–water partition coefficient (Wildman–Crippen LogP) is 16.6. The topological polar surface area (TPSA) is 3.24 Å². The molecule has 0 fully saturated rings. The van der Waals surface area contributed by atoms with Crippen LogP contribution in [0, 0.1) is 11.7 Å². The lowest BCUT2D eigenvalue weighted by Crippen LogP contribution is -2.58. The predicted molar refractivity (Wildman–Crippen MR) is 265 cm³/mol. The first-order valence-electron chi connectivity index (χ1n) is 22.2. The number of anilines is 2. The number of hydrogen-bond donors (Lipinski definition) is 0. The normalized spacial score (nSPS) is 21.2. The van der Waals surface area contributed by atoms with E-state index in [1.54, 1.807) is 12.1 Å². The molecule has 8 aromatic carbocycles. The van der Waals surface area contributed by atoms with Crippen LogP contribution in [-0.2, 0) is 5.41 Å². The summed E-state index contributed by atoms with van der Waals surface area (Å²) in [5.74, 6) is 0.0190. The van der Waals surface area contributed by atoms with Gasteiger partial charge in [0.25, 0.3) is 0 Å². The van der Waals surface area contributed by atoms with Crippen molar-refractivity contribution < 1.29 is 4.39 Å². The maximum Gasteiger partial charge on any atom is 0.123 e. The zero-order valence-corrected chi connectivity index (χ0v) is 36.7. The van der Waals surface area contributed by atoms with Gasteiger partial charge in [0, 0.05) is 48.7 Å². The number of benzene rings is 8. The molecule has 4 atom stereocenters. The highest BCUT2D eigenvalue weighted by Gasteiger charge is 2.59. The second-order valence-electron chi connectivity index (χ2n) is 18.0. The molecule has 0 radical (unpaired) electrons. The van der Waals surface area contributed by atoms with Crippen molar-refractivity contribution in [2.45, 2.75) is 44.6 Å². The third-order valence-electron chi connectivity index (χ3n) is 14.6. The fraction of sp³-hybridized carbons (Fsp3) is 0.133. The number of para-hydroxylation sites is 1. The third-order valence-corrected chi connectivity index (χ3v) is 15.9. The van der Waals surface area contributed by atoms with Gasteiger partial charge in [0.05, 0.1) is 11.2 Å². The van der Waals surface area contributed by atoms with Crippen molar-refractivity contribution in [2.75, 3.05) is 4.90 Å². The Hall–Kier alpha value is -6.81. The molecule has 304 valence electrons. The average Bonchev–Trinajstić information content (AvgIpc) is 3.71. The summed E-state index contributed by atoms with van der Waals surface area (Å²) in [7, 11) is 0. The number of hydrogen-bond acceptors (Lipinski definition) is 2.